The molecule has 0 unspecified atom stereocenters. The molecule has 1 amide bonds. The number of aryl methyl sites for hydroxylation is 1. The molecule has 1 N–H and O–H groups in total. The van der Waals surface area contributed by atoms with E-state index in [1.54, 1.807) is 27.7 Å². The van der Waals surface area contributed by atoms with Gasteiger partial charge in [0.25, 0.3) is 5.91 Å². The topological polar surface area (TPSA) is 59.8 Å². The SMILES string of the molecule is Cc1ncc(NC(=O)c2cnn(C(C)(C)C)c2C(F)(F)F)s1. The lowest BCUT2D eigenvalue weighted by atomic mass is 10.1. The fraction of sp³-hybridized carbons (Fsp3) is 0.462. The van der Waals surface area contributed by atoms with Gasteiger partial charge in [0.05, 0.1) is 28.5 Å². The van der Waals surface area contributed by atoms with E-state index in [4.69, 9.17) is 0 Å². The molecule has 0 bridgehead atoms. The van der Waals surface area contributed by atoms with Crippen molar-refractivity contribution in [1.82, 2.24) is 14.8 Å². The van der Waals surface area contributed by atoms with Crippen LogP contribution in [0.25, 0.3) is 0 Å². The predicted molar refractivity (Wildman–Crippen MR) is 77.0 cm³/mol. The van der Waals surface area contributed by atoms with Crippen LogP contribution in [-0.4, -0.2) is 20.7 Å². The maximum atomic E-state index is 13.3. The van der Waals surface area contributed by atoms with E-state index >= 15 is 0 Å². The van der Waals surface area contributed by atoms with Gasteiger partial charge in [-0.2, -0.15) is 18.3 Å². The van der Waals surface area contributed by atoms with Gasteiger partial charge in [0, 0.05) is 0 Å². The summed E-state index contributed by atoms with van der Waals surface area (Å²) in [6.07, 6.45) is -2.34. The number of amides is 1. The van der Waals surface area contributed by atoms with Crippen LogP contribution in [-0.2, 0) is 11.7 Å². The van der Waals surface area contributed by atoms with E-state index in [1.165, 1.54) is 17.5 Å². The van der Waals surface area contributed by atoms with Crippen LogP contribution in [0.15, 0.2) is 12.4 Å². The van der Waals surface area contributed by atoms with Gasteiger partial charge in [-0.25, -0.2) is 4.98 Å². The zero-order chi connectivity index (χ0) is 16.7. The standard InChI is InChI=1S/C13H15F3N4OS/c1-7-17-6-9(22-7)19-11(21)8-5-18-20(12(2,3)4)10(8)13(14,15)16/h5-6H,1-4H3,(H,19,21). The largest absolute Gasteiger partial charge is 0.433 e. The van der Waals surface area contributed by atoms with Gasteiger partial charge in [-0.1, -0.05) is 0 Å². The average molecular weight is 332 g/mol. The summed E-state index contributed by atoms with van der Waals surface area (Å²) < 4.78 is 40.8. The Morgan fingerprint density at radius 2 is 1.91 bits per heavy atom. The number of thiazole rings is 1. The van der Waals surface area contributed by atoms with Crippen LogP contribution in [0.2, 0.25) is 0 Å². The van der Waals surface area contributed by atoms with Gasteiger partial charge in [0.15, 0.2) is 5.69 Å². The van der Waals surface area contributed by atoms with Crippen LogP contribution in [0.5, 0.6) is 0 Å². The van der Waals surface area contributed by atoms with E-state index in [2.05, 4.69) is 15.4 Å². The second-order valence-corrected chi connectivity index (χ2v) is 6.92. The lowest BCUT2D eigenvalue weighted by Gasteiger charge is -2.23. The first kappa shape index (κ1) is 16.5. The summed E-state index contributed by atoms with van der Waals surface area (Å²) in [6, 6.07) is 0. The van der Waals surface area contributed by atoms with E-state index in [-0.39, 0.29) is 0 Å². The number of alkyl halides is 3. The maximum Gasteiger partial charge on any atom is 0.433 e. The molecule has 0 spiro atoms. The molecule has 0 aliphatic carbocycles. The van der Waals surface area contributed by atoms with Crippen molar-refractivity contribution in [3.63, 3.8) is 0 Å². The molecule has 2 heterocycles. The lowest BCUT2D eigenvalue weighted by molar-refractivity contribution is -0.146. The number of nitrogens with zero attached hydrogens (tertiary/aromatic N) is 3. The minimum atomic E-state index is -4.68. The molecule has 0 aliphatic rings. The van der Waals surface area contributed by atoms with Crippen LogP contribution >= 0.6 is 11.3 Å². The number of rotatable bonds is 2. The minimum absolute atomic E-state index is 0.388. The summed E-state index contributed by atoms with van der Waals surface area (Å²) in [7, 11) is 0. The van der Waals surface area contributed by atoms with Gasteiger partial charge >= 0.3 is 6.18 Å². The highest BCUT2D eigenvalue weighted by Crippen LogP contribution is 2.35. The van der Waals surface area contributed by atoms with Crippen LogP contribution in [0, 0.1) is 6.92 Å². The highest BCUT2D eigenvalue weighted by molar-refractivity contribution is 7.15. The molecule has 0 saturated carbocycles. The number of anilines is 1. The normalized spacial score (nSPS) is 12.5. The number of carbonyl (C=O) groups excluding carboxylic acids is 1. The Labute approximate surface area is 129 Å². The van der Waals surface area contributed by atoms with Crippen LogP contribution in [0.3, 0.4) is 0 Å². The monoisotopic (exact) mass is 332 g/mol. The zero-order valence-corrected chi connectivity index (χ0v) is 13.3. The Bertz CT molecular complexity index is 697. The first-order chi connectivity index (χ1) is 10.00. The zero-order valence-electron chi connectivity index (χ0n) is 12.4. The first-order valence-corrected chi connectivity index (χ1v) is 7.21. The number of hydrogen-bond acceptors (Lipinski definition) is 4. The number of hydrogen-bond donors (Lipinski definition) is 1. The van der Waals surface area contributed by atoms with E-state index in [0.29, 0.717) is 10.0 Å². The van der Waals surface area contributed by atoms with Crippen molar-refractivity contribution in [2.45, 2.75) is 39.4 Å². The van der Waals surface area contributed by atoms with Gasteiger partial charge in [-0.05, 0) is 27.7 Å². The average Bonchev–Trinajstić information content (AvgIpc) is 2.93. The van der Waals surface area contributed by atoms with Crippen LogP contribution in [0.4, 0.5) is 18.2 Å². The second-order valence-electron chi connectivity index (χ2n) is 5.68. The Morgan fingerprint density at radius 3 is 2.36 bits per heavy atom. The molecule has 120 valence electrons. The minimum Gasteiger partial charge on any atom is -0.312 e. The van der Waals surface area contributed by atoms with Crippen molar-refractivity contribution in [2.75, 3.05) is 5.32 Å². The van der Waals surface area contributed by atoms with Crippen molar-refractivity contribution in [3.05, 3.63) is 28.7 Å². The summed E-state index contributed by atoms with van der Waals surface area (Å²) in [6.45, 7) is 6.50. The molecular weight excluding hydrogens is 317 g/mol. The van der Waals surface area contributed by atoms with Crippen molar-refractivity contribution in [2.24, 2.45) is 0 Å². The molecule has 0 radical (unpaired) electrons. The van der Waals surface area contributed by atoms with Crippen molar-refractivity contribution >= 4 is 22.2 Å². The molecule has 2 rings (SSSR count). The molecule has 0 atom stereocenters. The van der Waals surface area contributed by atoms with Crippen molar-refractivity contribution in [3.8, 4) is 0 Å². The predicted octanol–water partition coefficient (Wildman–Crippen LogP) is 3.67. The molecule has 0 aromatic carbocycles. The van der Waals surface area contributed by atoms with E-state index in [1.807, 2.05) is 0 Å². The molecule has 22 heavy (non-hydrogen) atoms. The fourth-order valence-electron chi connectivity index (χ4n) is 1.89. The highest BCUT2D eigenvalue weighted by Gasteiger charge is 2.42. The Hall–Kier alpha value is -1.90. The molecule has 9 heteroatoms. The Kier molecular flexibility index (Phi) is 4.03. The highest BCUT2D eigenvalue weighted by atomic mass is 32.1. The molecule has 2 aromatic heterocycles. The van der Waals surface area contributed by atoms with Gasteiger partial charge in [0.2, 0.25) is 0 Å². The molecule has 5 nitrogen and oxygen atoms in total. The molecule has 0 fully saturated rings. The van der Waals surface area contributed by atoms with Crippen molar-refractivity contribution < 1.29 is 18.0 Å². The molecule has 2 aromatic rings. The Balaban J connectivity index is 2.43. The summed E-state index contributed by atoms with van der Waals surface area (Å²) in [5.41, 5.74) is -2.46. The van der Waals surface area contributed by atoms with Crippen LogP contribution in [0.1, 0.15) is 41.8 Å². The second kappa shape index (κ2) is 5.38. The maximum absolute atomic E-state index is 13.3. The smallest absolute Gasteiger partial charge is 0.312 e. The third kappa shape index (κ3) is 3.29. The summed E-state index contributed by atoms with van der Waals surface area (Å²) in [5, 5.41) is 7.26. The van der Waals surface area contributed by atoms with Gasteiger partial charge < -0.3 is 5.32 Å². The summed E-state index contributed by atoms with van der Waals surface area (Å²) in [4.78, 5) is 16.1. The summed E-state index contributed by atoms with van der Waals surface area (Å²) in [5.74, 6) is -0.855. The molecule has 0 aliphatic heterocycles. The summed E-state index contributed by atoms with van der Waals surface area (Å²) >= 11 is 1.18. The van der Waals surface area contributed by atoms with Crippen LogP contribution < -0.4 is 5.32 Å². The van der Waals surface area contributed by atoms with Crippen molar-refractivity contribution in [1.29, 1.82) is 0 Å². The number of aromatic nitrogens is 3. The van der Waals surface area contributed by atoms with Gasteiger partial charge in [-0.15, -0.1) is 11.3 Å². The van der Waals surface area contributed by atoms with E-state index < -0.39 is 28.9 Å². The number of carbonyl (C=O) groups is 1. The van der Waals surface area contributed by atoms with Gasteiger partial charge in [0.1, 0.15) is 5.00 Å². The first-order valence-electron chi connectivity index (χ1n) is 6.39. The van der Waals surface area contributed by atoms with Gasteiger partial charge in [-0.3, -0.25) is 9.48 Å². The quantitative estimate of drug-likeness (QED) is 0.913. The fourth-order valence-corrected chi connectivity index (χ4v) is 2.57. The van der Waals surface area contributed by atoms with E-state index in [9.17, 15) is 18.0 Å². The Morgan fingerprint density at radius 1 is 1.27 bits per heavy atom. The number of nitrogens with one attached hydrogen (secondary N) is 1. The third-order valence-corrected chi connectivity index (χ3v) is 3.60. The lowest BCUT2D eigenvalue weighted by Crippen LogP contribution is -2.30. The number of halogens is 3. The third-order valence-electron chi connectivity index (χ3n) is 2.78. The molecular formula is C13H15F3N4OS. The van der Waals surface area contributed by atoms with E-state index in [0.717, 1.165) is 10.9 Å². The molecule has 0 saturated heterocycles.